The summed E-state index contributed by atoms with van der Waals surface area (Å²) < 4.78 is 10.5. The highest BCUT2D eigenvalue weighted by molar-refractivity contribution is 5.69. The van der Waals surface area contributed by atoms with Gasteiger partial charge in [-0.05, 0) is 25.7 Å². The predicted molar refractivity (Wildman–Crippen MR) is 67.8 cm³/mol. The first-order valence-electron chi connectivity index (χ1n) is 6.87. The molecule has 0 radical (unpaired) electrons. The van der Waals surface area contributed by atoms with Crippen LogP contribution in [-0.2, 0) is 14.3 Å². The van der Waals surface area contributed by atoms with Gasteiger partial charge in [-0.2, -0.15) is 0 Å². The maximum Gasteiger partial charge on any atom is 0.306 e. The minimum Gasteiger partial charge on any atom is -0.466 e. The van der Waals surface area contributed by atoms with Crippen LogP contribution in [0.25, 0.3) is 0 Å². The molecule has 100 valence electrons. The van der Waals surface area contributed by atoms with Crippen LogP contribution < -0.4 is 0 Å². The van der Waals surface area contributed by atoms with Crippen molar-refractivity contribution in [1.82, 2.24) is 0 Å². The van der Waals surface area contributed by atoms with E-state index >= 15 is 0 Å². The zero-order chi connectivity index (χ0) is 12.7. The zero-order valence-corrected chi connectivity index (χ0v) is 11.4. The van der Waals surface area contributed by atoms with E-state index < -0.39 is 0 Å². The Morgan fingerprint density at radius 3 is 2.47 bits per heavy atom. The second kappa shape index (κ2) is 7.70. The molecular formula is C14H26O3. The van der Waals surface area contributed by atoms with Crippen molar-refractivity contribution in [3.8, 4) is 0 Å². The summed E-state index contributed by atoms with van der Waals surface area (Å²) in [5.41, 5.74) is 0. The Labute approximate surface area is 105 Å². The van der Waals surface area contributed by atoms with Gasteiger partial charge in [0.15, 0.2) is 0 Å². The third-order valence-corrected chi connectivity index (χ3v) is 3.94. The number of methoxy groups -OCH3 is 1. The van der Waals surface area contributed by atoms with E-state index in [1.807, 2.05) is 6.92 Å². The van der Waals surface area contributed by atoms with Crippen LogP contribution in [0, 0.1) is 11.8 Å². The number of hydrogen-bond donors (Lipinski definition) is 0. The van der Waals surface area contributed by atoms with Gasteiger partial charge >= 0.3 is 5.97 Å². The van der Waals surface area contributed by atoms with Gasteiger partial charge < -0.3 is 9.47 Å². The molecule has 1 fully saturated rings. The summed E-state index contributed by atoms with van der Waals surface area (Å²) >= 11 is 0. The second-order valence-electron chi connectivity index (χ2n) is 5.01. The quantitative estimate of drug-likeness (QED) is 0.671. The lowest BCUT2D eigenvalue weighted by Gasteiger charge is -2.33. The summed E-state index contributed by atoms with van der Waals surface area (Å²) in [6.07, 6.45) is 7.04. The van der Waals surface area contributed by atoms with Crippen LogP contribution in [-0.4, -0.2) is 25.8 Å². The average Bonchev–Trinajstić information content (AvgIpc) is 2.36. The van der Waals surface area contributed by atoms with Crippen LogP contribution in [0.1, 0.15) is 52.4 Å². The number of ether oxygens (including phenoxy) is 2. The first-order chi connectivity index (χ1) is 8.19. The Balaban J connectivity index is 2.55. The second-order valence-corrected chi connectivity index (χ2v) is 5.01. The summed E-state index contributed by atoms with van der Waals surface area (Å²) in [5, 5.41) is 0. The van der Waals surface area contributed by atoms with Crippen LogP contribution in [0.15, 0.2) is 0 Å². The molecule has 0 bridgehead atoms. The van der Waals surface area contributed by atoms with E-state index in [1.165, 1.54) is 32.1 Å². The molecule has 0 saturated heterocycles. The molecule has 0 amide bonds. The van der Waals surface area contributed by atoms with Gasteiger partial charge in [-0.25, -0.2) is 0 Å². The fourth-order valence-electron chi connectivity index (χ4n) is 2.87. The number of carbonyl (C=O) groups excluding carboxylic acids is 1. The Kier molecular flexibility index (Phi) is 6.56. The molecule has 1 aliphatic carbocycles. The van der Waals surface area contributed by atoms with Gasteiger partial charge in [0.25, 0.3) is 0 Å². The summed E-state index contributed by atoms with van der Waals surface area (Å²) in [6, 6.07) is 0. The van der Waals surface area contributed by atoms with E-state index in [9.17, 15) is 4.79 Å². The fraction of sp³-hybridized carbons (Fsp3) is 0.929. The van der Waals surface area contributed by atoms with Gasteiger partial charge in [-0.3, -0.25) is 4.79 Å². The van der Waals surface area contributed by atoms with E-state index in [0.29, 0.717) is 24.9 Å². The van der Waals surface area contributed by atoms with Gasteiger partial charge in [0, 0.05) is 7.11 Å². The number of rotatable bonds is 6. The molecule has 2 atom stereocenters. The lowest BCUT2D eigenvalue weighted by atomic mass is 9.76. The van der Waals surface area contributed by atoms with Gasteiger partial charge in [0.1, 0.15) is 0 Å². The summed E-state index contributed by atoms with van der Waals surface area (Å²) in [4.78, 5) is 11.6. The smallest absolute Gasteiger partial charge is 0.306 e. The molecule has 1 aliphatic rings. The monoisotopic (exact) mass is 242 g/mol. The van der Waals surface area contributed by atoms with Crippen molar-refractivity contribution in [3.63, 3.8) is 0 Å². The molecule has 0 aliphatic heterocycles. The van der Waals surface area contributed by atoms with E-state index in [2.05, 4.69) is 6.92 Å². The minimum atomic E-state index is -0.0769. The molecule has 0 aromatic carbocycles. The summed E-state index contributed by atoms with van der Waals surface area (Å²) in [6.45, 7) is 4.39. The third-order valence-electron chi connectivity index (χ3n) is 3.94. The predicted octanol–water partition coefficient (Wildman–Crippen LogP) is 3.17. The number of esters is 1. The fourth-order valence-corrected chi connectivity index (χ4v) is 2.87. The molecule has 17 heavy (non-hydrogen) atoms. The standard InChI is InChI=1S/C14H26O3/c1-4-17-14(15)10-13(11(2)16-3)12-8-6-5-7-9-12/h11-13H,4-10H2,1-3H3/t11-,13+/m1/s1. The molecule has 0 N–H and O–H groups in total. The highest BCUT2D eigenvalue weighted by Crippen LogP contribution is 2.34. The molecule has 3 nitrogen and oxygen atoms in total. The molecule has 0 heterocycles. The SMILES string of the molecule is CCOC(=O)C[C@H](C1CCCCC1)[C@@H](C)OC. The number of carbonyl (C=O) groups is 1. The Morgan fingerprint density at radius 1 is 1.29 bits per heavy atom. The van der Waals surface area contributed by atoms with Gasteiger partial charge in [0.05, 0.1) is 19.1 Å². The molecule has 1 saturated carbocycles. The minimum absolute atomic E-state index is 0.0769. The lowest BCUT2D eigenvalue weighted by molar-refractivity contribution is -0.146. The highest BCUT2D eigenvalue weighted by Gasteiger charge is 2.30. The van der Waals surface area contributed by atoms with Crippen LogP contribution in [0.2, 0.25) is 0 Å². The topological polar surface area (TPSA) is 35.5 Å². The molecular weight excluding hydrogens is 216 g/mol. The average molecular weight is 242 g/mol. The number of hydrogen-bond acceptors (Lipinski definition) is 3. The van der Waals surface area contributed by atoms with Crippen molar-refractivity contribution in [2.75, 3.05) is 13.7 Å². The maximum atomic E-state index is 11.6. The van der Waals surface area contributed by atoms with Crippen molar-refractivity contribution in [2.45, 2.75) is 58.5 Å². The first-order valence-corrected chi connectivity index (χ1v) is 6.87. The van der Waals surface area contributed by atoms with Crippen molar-refractivity contribution >= 4 is 5.97 Å². The normalized spacial score (nSPS) is 20.9. The lowest BCUT2D eigenvalue weighted by Crippen LogP contribution is -2.31. The van der Waals surface area contributed by atoms with Gasteiger partial charge in [-0.15, -0.1) is 0 Å². The molecule has 0 aromatic heterocycles. The zero-order valence-electron chi connectivity index (χ0n) is 11.4. The molecule has 0 spiro atoms. The van der Waals surface area contributed by atoms with Crippen LogP contribution in [0.4, 0.5) is 0 Å². The third kappa shape index (κ3) is 4.66. The molecule has 1 rings (SSSR count). The van der Waals surface area contributed by atoms with E-state index in [1.54, 1.807) is 7.11 Å². The van der Waals surface area contributed by atoms with Crippen molar-refractivity contribution in [3.05, 3.63) is 0 Å². The highest BCUT2D eigenvalue weighted by atomic mass is 16.5. The van der Waals surface area contributed by atoms with Gasteiger partial charge in [0.2, 0.25) is 0 Å². The summed E-state index contributed by atoms with van der Waals surface area (Å²) in [5.74, 6) is 0.870. The molecule has 0 aromatic rings. The first kappa shape index (κ1) is 14.5. The van der Waals surface area contributed by atoms with E-state index in [-0.39, 0.29) is 12.1 Å². The Hall–Kier alpha value is -0.570. The molecule has 0 unspecified atom stereocenters. The van der Waals surface area contributed by atoms with Crippen molar-refractivity contribution in [2.24, 2.45) is 11.8 Å². The van der Waals surface area contributed by atoms with Crippen LogP contribution >= 0.6 is 0 Å². The van der Waals surface area contributed by atoms with Gasteiger partial charge in [-0.1, -0.05) is 32.1 Å². The maximum absolute atomic E-state index is 11.6. The molecule has 3 heteroatoms. The van der Waals surface area contributed by atoms with Crippen LogP contribution in [0.3, 0.4) is 0 Å². The van der Waals surface area contributed by atoms with Crippen molar-refractivity contribution < 1.29 is 14.3 Å². The van der Waals surface area contributed by atoms with Crippen LogP contribution in [0.5, 0.6) is 0 Å². The Bertz CT molecular complexity index is 222. The summed E-state index contributed by atoms with van der Waals surface area (Å²) in [7, 11) is 1.73. The Morgan fingerprint density at radius 2 is 1.94 bits per heavy atom. The largest absolute Gasteiger partial charge is 0.466 e. The van der Waals surface area contributed by atoms with E-state index in [0.717, 1.165) is 0 Å². The van der Waals surface area contributed by atoms with Crippen molar-refractivity contribution in [1.29, 1.82) is 0 Å². The van der Waals surface area contributed by atoms with E-state index in [4.69, 9.17) is 9.47 Å².